The van der Waals surface area contributed by atoms with Gasteiger partial charge in [0, 0.05) is 4.90 Å². The van der Waals surface area contributed by atoms with Gasteiger partial charge in [0.2, 0.25) is 0 Å². The number of thiol groups is 1. The molecule has 0 amide bonds. The van der Waals surface area contributed by atoms with E-state index in [4.69, 9.17) is 4.74 Å². The average molecular weight is 250 g/mol. The van der Waals surface area contributed by atoms with Crippen molar-refractivity contribution in [3.63, 3.8) is 0 Å². The molecule has 0 aromatic heterocycles. The van der Waals surface area contributed by atoms with Gasteiger partial charge in [0.05, 0.1) is 5.56 Å². The van der Waals surface area contributed by atoms with Crippen LogP contribution >= 0.6 is 12.6 Å². The maximum atomic E-state index is 11.9. The summed E-state index contributed by atoms with van der Waals surface area (Å²) in [5, 5.41) is 0. The molecule has 0 bridgehead atoms. The fourth-order valence-electron chi connectivity index (χ4n) is 2.26. The van der Waals surface area contributed by atoms with Crippen molar-refractivity contribution in [2.45, 2.75) is 43.6 Å². The summed E-state index contributed by atoms with van der Waals surface area (Å²) in [7, 11) is 0. The van der Waals surface area contributed by atoms with Crippen molar-refractivity contribution >= 4 is 18.6 Å². The summed E-state index contributed by atoms with van der Waals surface area (Å²) in [4.78, 5) is 12.8. The van der Waals surface area contributed by atoms with Crippen LogP contribution in [-0.2, 0) is 4.74 Å². The standard InChI is InChI=1S/C14H18O2S/c1-10-4-2-3-5-13(10)16-14(15)11-6-8-12(17)9-7-11/h6-10,13,17H,2-5H2,1H3. The Hall–Kier alpha value is -0.960. The minimum atomic E-state index is -0.211. The Balaban J connectivity index is 1.98. The zero-order valence-corrected chi connectivity index (χ0v) is 11.0. The third-order valence-electron chi connectivity index (χ3n) is 3.39. The number of hydrogen-bond acceptors (Lipinski definition) is 3. The van der Waals surface area contributed by atoms with Crippen molar-refractivity contribution in [1.29, 1.82) is 0 Å². The number of hydrogen-bond donors (Lipinski definition) is 1. The van der Waals surface area contributed by atoms with E-state index in [0.717, 1.165) is 24.2 Å². The van der Waals surface area contributed by atoms with E-state index in [1.807, 2.05) is 12.1 Å². The normalized spacial score (nSPS) is 24.4. The van der Waals surface area contributed by atoms with Gasteiger partial charge in [0.25, 0.3) is 0 Å². The third kappa shape index (κ3) is 3.25. The van der Waals surface area contributed by atoms with Gasteiger partial charge >= 0.3 is 5.97 Å². The molecule has 2 rings (SSSR count). The van der Waals surface area contributed by atoms with Gasteiger partial charge in [-0.25, -0.2) is 4.79 Å². The first-order chi connectivity index (χ1) is 8.16. The van der Waals surface area contributed by atoms with E-state index >= 15 is 0 Å². The number of benzene rings is 1. The van der Waals surface area contributed by atoms with E-state index in [9.17, 15) is 4.79 Å². The fourth-order valence-corrected chi connectivity index (χ4v) is 2.41. The predicted octanol–water partition coefficient (Wildman–Crippen LogP) is 3.71. The number of carbonyl (C=O) groups excluding carboxylic acids is 1. The molecular formula is C14H18O2S. The number of rotatable bonds is 2. The van der Waals surface area contributed by atoms with E-state index < -0.39 is 0 Å². The molecular weight excluding hydrogens is 232 g/mol. The van der Waals surface area contributed by atoms with Gasteiger partial charge < -0.3 is 4.74 Å². The van der Waals surface area contributed by atoms with Crippen LogP contribution in [0.5, 0.6) is 0 Å². The lowest BCUT2D eigenvalue weighted by Crippen LogP contribution is -2.28. The third-order valence-corrected chi connectivity index (χ3v) is 3.69. The molecule has 1 aliphatic carbocycles. The average Bonchev–Trinajstić information content (AvgIpc) is 2.33. The van der Waals surface area contributed by atoms with Crippen LogP contribution < -0.4 is 0 Å². The molecule has 0 heterocycles. The summed E-state index contributed by atoms with van der Waals surface area (Å²) in [6, 6.07) is 7.14. The van der Waals surface area contributed by atoms with Crippen LogP contribution in [0.4, 0.5) is 0 Å². The highest BCUT2D eigenvalue weighted by Gasteiger charge is 2.25. The molecule has 1 saturated carbocycles. The predicted molar refractivity (Wildman–Crippen MR) is 70.5 cm³/mol. The summed E-state index contributed by atoms with van der Waals surface area (Å²) >= 11 is 4.19. The summed E-state index contributed by atoms with van der Waals surface area (Å²) in [6.07, 6.45) is 4.67. The lowest BCUT2D eigenvalue weighted by atomic mass is 9.88. The van der Waals surface area contributed by atoms with Gasteiger partial charge in [0.1, 0.15) is 6.10 Å². The SMILES string of the molecule is CC1CCCCC1OC(=O)c1ccc(S)cc1. The van der Waals surface area contributed by atoms with Crippen molar-refractivity contribution in [3.8, 4) is 0 Å². The minimum absolute atomic E-state index is 0.0897. The molecule has 2 atom stereocenters. The van der Waals surface area contributed by atoms with E-state index in [2.05, 4.69) is 19.6 Å². The molecule has 0 spiro atoms. The van der Waals surface area contributed by atoms with Crippen LogP contribution in [0.15, 0.2) is 29.2 Å². The molecule has 0 saturated heterocycles. The van der Waals surface area contributed by atoms with Crippen molar-refractivity contribution in [2.75, 3.05) is 0 Å². The quantitative estimate of drug-likeness (QED) is 0.639. The molecule has 2 unspecified atom stereocenters. The largest absolute Gasteiger partial charge is 0.459 e. The van der Waals surface area contributed by atoms with Gasteiger partial charge in [-0.05, 0) is 49.4 Å². The highest BCUT2D eigenvalue weighted by atomic mass is 32.1. The topological polar surface area (TPSA) is 26.3 Å². The smallest absolute Gasteiger partial charge is 0.338 e. The molecule has 1 aromatic carbocycles. The monoisotopic (exact) mass is 250 g/mol. The second-order valence-electron chi connectivity index (χ2n) is 4.75. The second kappa shape index (κ2) is 5.58. The zero-order valence-electron chi connectivity index (χ0n) is 10.1. The number of ether oxygens (including phenoxy) is 1. The lowest BCUT2D eigenvalue weighted by molar-refractivity contribution is 0.00481. The van der Waals surface area contributed by atoms with Crippen LogP contribution in [0.1, 0.15) is 43.0 Å². The second-order valence-corrected chi connectivity index (χ2v) is 5.27. The molecule has 0 N–H and O–H groups in total. The first kappa shape index (κ1) is 12.5. The first-order valence-corrected chi connectivity index (χ1v) is 6.61. The molecule has 17 heavy (non-hydrogen) atoms. The van der Waals surface area contributed by atoms with Crippen LogP contribution in [0.2, 0.25) is 0 Å². The van der Waals surface area contributed by atoms with Gasteiger partial charge in [0.15, 0.2) is 0 Å². The van der Waals surface area contributed by atoms with E-state index in [-0.39, 0.29) is 12.1 Å². The Labute approximate surface area is 108 Å². The minimum Gasteiger partial charge on any atom is -0.459 e. The van der Waals surface area contributed by atoms with Gasteiger partial charge in [-0.1, -0.05) is 13.3 Å². The molecule has 2 nitrogen and oxygen atoms in total. The maximum absolute atomic E-state index is 11.9. The van der Waals surface area contributed by atoms with Gasteiger partial charge in [-0.3, -0.25) is 0 Å². The lowest BCUT2D eigenvalue weighted by Gasteiger charge is -2.28. The Morgan fingerprint density at radius 2 is 1.88 bits per heavy atom. The van der Waals surface area contributed by atoms with Gasteiger partial charge in [-0.15, -0.1) is 12.6 Å². The molecule has 3 heteroatoms. The van der Waals surface area contributed by atoms with Crippen molar-refractivity contribution in [2.24, 2.45) is 5.92 Å². The molecule has 0 radical (unpaired) electrons. The maximum Gasteiger partial charge on any atom is 0.338 e. The van der Waals surface area contributed by atoms with E-state index in [0.29, 0.717) is 11.5 Å². The Morgan fingerprint density at radius 3 is 2.53 bits per heavy atom. The molecule has 0 aliphatic heterocycles. The van der Waals surface area contributed by atoms with Crippen molar-refractivity contribution in [1.82, 2.24) is 0 Å². The van der Waals surface area contributed by atoms with Crippen molar-refractivity contribution in [3.05, 3.63) is 29.8 Å². The van der Waals surface area contributed by atoms with Crippen LogP contribution in [-0.4, -0.2) is 12.1 Å². The summed E-state index contributed by atoms with van der Waals surface area (Å²) in [5.41, 5.74) is 0.612. The Bertz CT molecular complexity index is 386. The molecule has 92 valence electrons. The molecule has 1 aromatic rings. The highest BCUT2D eigenvalue weighted by molar-refractivity contribution is 7.80. The van der Waals surface area contributed by atoms with Crippen molar-refractivity contribution < 1.29 is 9.53 Å². The summed E-state index contributed by atoms with van der Waals surface area (Å²) in [5.74, 6) is 0.272. The Kier molecular flexibility index (Phi) is 4.11. The summed E-state index contributed by atoms with van der Waals surface area (Å²) < 4.78 is 5.57. The summed E-state index contributed by atoms with van der Waals surface area (Å²) in [6.45, 7) is 2.16. The molecule has 1 aliphatic rings. The first-order valence-electron chi connectivity index (χ1n) is 6.17. The van der Waals surface area contributed by atoms with Crippen LogP contribution in [0.3, 0.4) is 0 Å². The van der Waals surface area contributed by atoms with E-state index in [1.165, 1.54) is 6.42 Å². The highest BCUT2D eigenvalue weighted by Crippen LogP contribution is 2.27. The van der Waals surface area contributed by atoms with E-state index in [1.54, 1.807) is 12.1 Å². The van der Waals surface area contributed by atoms with Gasteiger partial charge in [-0.2, -0.15) is 0 Å². The molecule has 1 fully saturated rings. The zero-order chi connectivity index (χ0) is 12.3. The number of esters is 1. The number of carbonyl (C=O) groups is 1. The fraction of sp³-hybridized carbons (Fsp3) is 0.500. The van der Waals surface area contributed by atoms with Crippen LogP contribution in [0.25, 0.3) is 0 Å². The van der Waals surface area contributed by atoms with Crippen LogP contribution in [0, 0.1) is 5.92 Å². The Morgan fingerprint density at radius 1 is 1.24 bits per heavy atom.